The zero-order valence-electron chi connectivity index (χ0n) is 9.62. The highest BCUT2D eigenvalue weighted by atomic mass is 16.5. The minimum atomic E-state index is 0.281. The number of ether oxygens (including phenoxy) is 1. The molecule has 0 heterocycles. The maximum atomic E-state index is 8.62. The van der Waals surface area contributed by atoms with Crippen LogP contribution in [0.5, 0.6) is 5.75 Å². The van der Waals surface area contributed by atoms with Gasteiger partial charge in [0.1, 0.15) is 5.75 Å². The highest BCUT2D eigenvalue weighted by Crippen LogP contribution is 2.19. The molecule has 2 nitrogen and oxygen atoms in total. The predicted molar refractivity (Wildman–Crippen MR) is 62.3 cm³/mol. The molecule has 0 aliphatic heterocycles. The van der Waals surface area contributed by atoms with Gasteiger partial charge in [0.05, 0.1) is 6.61 Å². The molecule has 0 bridgehead atoms. The van der Waals surface area contributed by atoms with E-state index in [1.807, 2.05) is 0 Å². The van der Waals surface area contributed by atoms with E-state index in [0.717, 1.165) is 31.6 Å². The number of aliphatic hydroxyl groups excluding tert-OH is 1. The average Bonchev–Trinajstić information content (AvgIpc) is 2.23. The van der Waals surface area contributed by atoms with Crippen molar-refractivity contribution in [3.63, 3.8) is 0 Å². The molecule has 1 N–H and O–H groups in total. The quantitative estimate of drug-likeness (QED) is 0.728. The van der Waals surface area contributed by atoms with E-state index in [0.29, 0.717) is 0 Å². The van der Waals surface area contributed by atoms with E-state index in [2.05, 4.69) is 32.0 Å². The largest absolute Gasteiger partial charge is 0.493 e. The van der Waals surface area contributed by atoms with Gasteiger partial charge in [0, 0.05) is 6.61 Å². The fourth-order valence-electron chi connectivity index (χ4n) is 1.44. The van der Waals surface area contributed by atoms with Gasteiger partial charge in [0.2, 0.25) is 0 Å². The number of hydrogen-bond acceptors (Lipinski definition) is 2. The van der Waals surface area contributed by atoms with Crippen molar-refractivity contribution in [1.82, 2.24) is 0 Å². The molecule has 1 aromatic rings. The SMILES string of the molecule is Cc1ccc(C)c(OCCCCCO)c1. The van der Waals surface area contributed by atoms with Crippen LogP contribution in [-0.4, -0.2) is 18.3 Å². The van der Waals surface area contributed by atoms with Gasteiger partial charge in [-0.05, 0) is 50.3 Å². The van der Waals surface area contributed by atoms with Gasteiger partial charge in [0.25, 0.3) is 0 Å². The van der Waals surface area contributed by atoms with Crippen LogP contribution in [0.15, 0.2) is 18.2 Å². The lowest BCUT2D eigenvalue weighted by atomic mass is 10.1. The molecule has 84 valence electrons. The minimum Gasteiger partial charge on any atom is -0.493 e. The van der Waals surface area contributed by atoms with Gasteiger partial charge in [-0.2, -0.15) is 0 Å². The molecule has 1 aromatic carbocycles. The Labute approximate surface area is 91.9 Å². The third kappa shape index (κ3) is 4.34. The summed E-state index contributed by atoms with van der Waals surface area (Å²) >= 11 is 0. The maximum Gasteiger partial charge on any atom is 0.122 e. The summed E-state index contributed by atoms with van der Waals surface area (Å²) in [6, 6.07) is 6.24. The predicted octanol–water partition coefficient (Wildman–Crippen LogP) is 2.84. The van der Waals surface area contributed by atoms with Crippen LogP contribution in [0, 0.1) is 13.8 Å². The van der Waals surface area contributed by atoms with Crippen LogP contribution in [0.3, 0.4) is 0 Å². The monoisotopic (exact) mass is 208 g/mol. The van der Waals surface area contributed by atoms with Crippen molar-refractivity contribution in [2.24, 2.45) is 0 Å². The molecule has 0 unspecified atom stereocenters. The van der Waals surface area contributed by atoms with Crippen molar-refractivity contribution >= 4 is 0 Å². The van der Waals surface area contributed by atoms with E-state index in [4.69, 9.17) is 9.84 Å². The van der Waals surface area contributed by atoms with Crippen LogP contribution in [0.2, 0.25) is 0 Å². The van der Waals surface area contributed by atoms with Gasteiger partial charge in [-0.1, -0.05) is 12.1 Å². The number of aliphatic hydroxyl groups is 1. The molecule has 0 spiro atoms. The summed E-state index contributed by atoms with van der Waals surface area (Å²) in [4.78, 5) is 0. The summed E-state index contributed by atoms with van der Waals surface area (Å²) < 4.78 is 5.68. The Balaban J connectivity index is 2.33. The Hall–Kier alpha value is -1.02. The summed E-state index contributed by atoms with van der Waals surface area (Å²) in [7, 11) is 0. The van der Waals surface area contributed by atoms with Crippen molar-refractivity contribution < 1.29 is 9.84 Å². The first-order valence-corrected chi connectivity index (χ1v) is 5.55. The molecule has 15 heavy (non-hydrogen) atoms. The molecular weight excluding hydrogens is 188 g/mol. The van der Waals surface area contributed by atoms with E-state index < -0.39 is 0 Å². The summed E-state index contributed by atoms with van der Waals surface area (Å²) in [6.45, 7) is 5.15. The van der Waals surface area contributed by atoms with Crippen LogP contribution in [0.4, 0.5) is 0 Å². The molecule has 0 aliphatic rings. The van der Waals surface area contributed by atoms with Gasteiger partial charge in [-0.15, -0.1) is 0 Å². The van der Waals surface area contributed by atoms with Gasteiger partial charge < -0.3 is 9.84 Å². The van der Waals surface area contributed by atoms with Crippen molar-refractivity contribution in [2.45, 2.75) is 33.1 Å². The Morgan fingerprint density at radius 3 is 2.67 bits per heavy atom. The summed E-state index contributed by atoms with van der Waals surface area (Å²) in [6.07, 6.45) is 2.91. The van der Waals surface area contributed by atoms with Crippen molar-refractivity contribution in [1.29, 1.82) is 0 Å². The number of benzene rings is 1. The molecule has 1 rings (SSSR count). The summed E-state index contributed by atoms with van der Waals surface area (Å²) in [5, 5.41) is 8.62. The maximum absolute atomic E-state index is 8.62. The molecular formula is C13H20O2. The topological polar surface area (TPSA) is 29.5 Å². The number of hydrogen-bond donors (Lipinski definition) is 1. The van der Waals surface area contributed by atoms with E-state index in [1.54, 1.807) is 0 Å². The molecule has 0 saturated heterocycles. The number of unbranched alkanes of at least 4 members (excludes halogenated alkanes) is 2. The average molecular weight is 208 g/mol. The van der Waals surface area contributed by atoms with Crippen LogP contribution < -0.4 is 4.74 Å². The van der Waals surface area contributed by atoms with Crippen LogP contribution in [0.1, 0.15) is 30.4 Å². The lowest BCUT2D eigenvalue weighted by Gasteiger charge is -2.09. The lowest BCUT2D eigenvalue weighted by molar-refractivity contribution is 0.265. The van der Waals surface area contributed by atoms with Crippen LogP contribution >= 0.6 is 0 Å². The van der Waals surface area contributed by atoms with Gasteiger partial charge in [-0.3, -0.25) is 0 Å². The Morgan fingerprint density at radius 2 is 1.93 bits per heavy atom. The zero-order valence-corrected chi connectivity index (χ0v) is 9.62. The Morgan fingerprint density at radius 1 is 1.13 bits per heavy atom. The van der Waals surface area contributed by atoms with Crippen molar-refractivity contribution in [3.8, 4) is 5.75 Å². The zero-order chi connectivity index (χ0) is 11.1. The highest BCUT2D eigenvalue weighted by molar-refractivity contribution is 5.35. The molecule has 2 heteroatoms. The Kier molecular flexibility index (Phi) is 5.19. The molecule has 0 atom stereocenters. The lowest BCUT2D eigenvalue weighted by Crippen LogP contribution is -1.99. The standard InChI is InChI=1S/C13H20O2/c1-11-6-7-12(2)13(10-11)15-9-5-3-4-8-14/h6-7,10,14H,3-5,8-9H2,1-2H3. The van der Waals surface area contributed by atoms with Crippen LogP contribution in [-0.2, 0) is 0 Å². The van der Waals surface area contributed by atoms with E-state index >= 15 is 0 Å². The minimum absolute atomic E-state index is 0.281. The third-order valence-electron chi connectivity index (χ3n) is 2.40. The smallest absolute Gasteiger partial charge is 0.122 e. The second kappa shape index (κ2) is 6.46. The van der Waals surface area contributed by atoms with Crippen molar-refractivity contribution in [2.75, 3.05) is 13.2 Å². The van der Waals surface area contributed by atoms with E-state index in [9.17, 15) is 0 Å². The first-order valence-electron chi connectivity index (χ1n) is 5.55. The van der Waals surface area contributed by atoms with E-state index in [1.165, 1.54) is 11.1 Å². The van der Waals surface area contributed by atoms with Crippen LogP contribution in [0.25, 0.3) is 0 Å². The number of aryl methyl sites for hydroxylation is 2. The highest BCUT2D eigenvalue weighted by Gasteiger charge is 1.99. The molecule has 0 aromatic heterocycles. The normalized spacial score (nSPS) is 10.3. The van der Waals surface area contributed by atoms with Gasteiger partial charge >= 0.3 is 0 Å². The van der Waals surface area contributed by atoms with Gasteiger partial charge in [0.15, 0.2) is 0 Å². The first kappa shape index (κ1) is 12.1. The summed E-state index contributed by atoms with van der Waals surface area (Å²) in [5.74, 6) is 0.985. The number of rotatable bonds is 6. The second-order valence-corrected chi connectivity index (χ2v) is 3.90. The molecule has 0 radical (unpaired) electrons. The fraction of sp³-hybridized carbons (Fsp3) is 0.538. The fourth-order valence-corrected chi connectivity index (χ4v) is 1.44. The van der Waals surface area contributed by atoms with Crippen molar-refractivity contribution in [3.05, 3.63) is 29.3 Å². The second-order valence-electron chi connectivity index (χ2n) is 3.90. The summed E-state index contributed by atoms with van der Waals surface area (Å²) in [5.41, 5.74) is 2.41. The molecule has 0 saturated carbocycles. The van der Waals surface area contributed by atoms with E-state index in [-0.39, 0.29) is 6.61 Å². The van der Waals surface area contributed by atoms with Gasteiger partial charge in [-0.25, -0.2) is 0 Å². The molecule has 0 amide bonds. The third-order valence-corrected chi connectivity index (χ3v) is 2.40. The molecule has 0 fully saturated rings. The first-order chi connectivity index (χ1) is 7.24. The Bertz CT molecular complexity index is 295. The molecule has 0 aliphatic carbocycles.